The molecule has 0 heterocycles. The maximum atomic E-state index is 13.8. The fourth-order valence-corrected chi connectivity index (χ4v) is 1.24. The van der Waals surface area contributed by atoms with Crippen LogP contribution in [0.3, 0.4) is 0 Å². The number of halogens is 1. The Morgan fingerprint density at radius 1 is 1.35 bits per heavy atom. The Morgan fingerprint density at radius 2 is 1.94 bits per heavy atom. The number of benzene rings is 1. The molecule has 0 unspecified atom stereocenters. The van der Waals surface area contributed by atoms with Gasteiger partial charge in [-0.05, 0) is 32.9 Å². The number of methoxy groups -OCH3 is 1. The summed E-state index contributed by atoms with van der Waals surface area (Å²) in [6, 6.07) is 2.72. The molecule has 94 valence electrons. The maximum Gasteiger partial charge on any atom is 0.341 e. The van der Waals surface area contributed by atoms with E-state index >= 15 is 0 Å². The number of ether oxygens (including phenoxy) is 2. The van der Waals surface area contributed by atoms with E-state index in [1.807, 2.05) is 0 Å². The van der Waals surface area contributed by atoms with Crippen LogP contribution in [0.2, 0.25) is 0 Å². The van der Waals surface area contributed by atoms with Crippen molar-refractivity contribution in [2.75, 3.05) is 12.8 Å². The molecule has 17 heavy (non-hydrogen) atoms. The molecule has 1 aromatic carbocycles. The molecule has 2 N–H and O–H groups in total. The van der Waals surface area contributed by atoms with Crippen molar-refractivity contribution in [1.82, 2.24) is 0 Å². The molecule has 0 aromatic heterocycles. The van der Waals surface area contributed by atoms with Gasteiger partial charge in [-0.15, -0.1) is 0 Å². The number of hydrogen-bond acceptors (Lipinski definition) is 4. The van der Waals surface area contributed by atoms with E-state index in [2.05, 4.69) is 0 Å². The average molecular weight is 241 g/mol. The number of carbonyl (C=O) groups excluding carboxylic acids is 1. The molecule has 0 atom stereocenters. The van der Waals surface area contributed by atoms with E-state index in [-0.39, 0.29) is 17.0 Å². The molecule has 1 aromatic rings. The van der Waals surface area contributed by atoms with Crippen LogP contribution >= 0.6 is 0 Å². The fourth-order valence-electron chi connectivity index (χ4n) is 1.24. The number of anilines is 1. The van der Waals surface area contributed by atoms with Crippen molar-refractivity contribution in [3.8, 4) is 5.75 Å². The minimum atomic E-state index is -0.821. The normalized spacial score (nSPS) is 11.1. The largest absolute Gasteiger partial charge is 0.494 e. The van der Waals surface area contributed by atoms with E-state index in [0.717, 1.165) is 0 Å². The van der Waals surface area contributed by atoms with Crippen LogP contribution in [0.5, 0.6) is 5.75 Å². The highest BCUT2D eigenvalue weighted by Crippen LogP contribution is 2.27. The number of hydrogen-bond donors (Lipinski definition) is 1. The first-order valence-electron chi connectivity index (χ1n) is 5.11. The van der Waals surface area contributed by atoms with Crippen LogP contribution in [0.25, 0.3) is 0 Å². The van der Waals surface area contributed by atoms with Gasteiger partial charge in [0.2, 0.25) is 0 Å². The molecular weight excluding hydrogens is 225 g/mol. The summed E-state index contributed by atoms with van der Waals surface area (Å²) < 4.78 is 23.7. The van der Waals surface area contributed by atoms with Gasteiger partial charge in [0.05, 0.1) is 12.7 Å². The lowest BCUT2D eigenvalue weighted by molar-refractivity contribution is 0.00648. The first-order valence-corrected chi connectivity index (χ1v) is 5.11. The maximum absolute atomic E-state index is 13.8. The van der Waals surface area contributed by atoms with Crippen LogP contribution in [-0.4, -0.2) is 18.7 Å². The van der Waals surface area contributed by atoms with Crippen LogP contribution < -0.4 is 10.5 Å². The molecule has 5 heteroatoms. The van der Waals surface area contributed by atoms with Crippen LogP contribution in [-0.2, 0) is 4.74 Å². The Morgan fingerprint density at radius 3 is 2.41 bits per heavy atom. The zero-order chi connectivity index (χ0) is 13.2. The number of rotatable bonds is 2. The van der Waals surface area contributed by atoms with Crippen molar-refractivity contribution in [3.63, 3.8) is 0 Å². The Labute approximate surface area is 99.5 Å². The Hall–Kier alpha value is -1.78. The quantitative estimate of drug-likeness (QED) is 0.637. The lowest BCUT2D eigenvalue weighted by Crippen LogP contribution is -2.24. The predicted molar refractivity (Wildman–Crippen MR) is 62.5 cm³/mol. The highest BCUT2D eigenvalue weighted by molar-refractivity contribution is 5.91. The van der Waals surface area contributed by atoms with E-state index in [0.29, 0.717) is 0 Å². The zero-order valence-corrected chi connectivity index (χ0v) is 10.3. The molecule has 0 aliphatic rings. The van der Waals surface area contributed by atoms with Gasteiger partial charge in [0, 0.05) is 0 Å². The summed E-state index contributed by atoms with van der Waals surface area (Å²) in [4.78, 5) is 11.7. The molecule has 0 radical (unpaired) electrons. The third-order valence-corrected chi connectivity index (χ3v) is 1.98. The topological polar surface area (TPSA) is 61.5 Å². The summed E-state index contributed by atoms with van der Waals surface area (Å²) in [5.74, 6) is -1.38. The van der Waals surface area contributed by atoms with Gasteiger partial charge in [-0.25, -0.2) is 9.18 Å². The van der Waals surface area contributed by atoms with Gasteiger partial charge < -0.3 is 15.2 Å². The van der Waals surface area contributed by atoms with Crippen LogP contribution in [0.15, 0.2) is 12.1 Å². The summed E-state index contributed by atoms with van der Waals surface area (Å²) in [7, 11) is 1.37. The SMILES string of the molecule is COc1ccc(C(=O)OC(C)(C)C)c(F)c1N. The monoisotopic (exact) mass is 241 g/mol. The molecule has 1 rings (SSSR count). The summed E-state index contributed by atoms with van der Waals surface area (Å²) in [5.41, 5.74) is 4.41. The van der Waals surface area contributed by atoms with Crippen LogP contribution in [0, 0.1) is 5.82 Å². The Kier molecular flexibility index (Phi) is 3.60. The minimum Gasteiger partial charge on any atom is -0.494 e. The molecule has 4 nitrogen and oxygen atoms in total. The van der Waals surface area contributed by atoms with Gasteiger partial charge in [-0.2, -0.15) is 0 Å². The van der Waals surface area contributed by atoms with E-state index < -0.39 is 17.4 Å². The molecule has 0 saturated carbocycles. The molecule has 0 saturated heterocycles. The second-order valence-corrected chi connectivity index (χ2v) is 4.54. The number of nitrogens with two attached hydrogens (primary N) is 1. The molecule has 0 amide bonds. The third-order valence-electron chi connectivity index (χ3n) is 1.98. The Bertz CT molecular complexity index is 438. The lowest BCUT2D eigenvalue weighted by atomic mass is 10.1. The summed E-state index contributed by atoms with van der Waals surface area (Å²) >= 11 is 0. The second-order valence-electron chi connectivity index (χ2n) is 4.54. The smallest absolute Gasteiger partial charge is 0.341 e. The van der Waals surface area contributed by atoms with Crippen molar-refractivity contribution in [1.29, 1.82) is 0 Å². The van der Waals surface area contributed by atoms with Crippen molar-refractivity contribution in [2.24, 2.45) is 0 Å². The number of carbonyl (C=O) groups is 1. The highest BCUT2D eigenvalue weighted by Gasteiger charge is 2.23. The van der Waals surface area contributed by atoms with Crippen molar-refractivity contribution in [3.05, 3.63) is 23.5 Å². The first kappa shape index (κ1) is 13.3. The van der Waals surface area contributed by atoms with E-state index in [1.165, 1.54) is 19.2 Å². The van der Waals surface area contributed by atoms with Crippen molar-refractivity contribution >= 4 is 11.7 Å². The van der Waals surface area contributed by atoms with Crippen LogP contribution in [0.1, 0.15) is 31.1 Å². The standard InChI is InChI=1S/C12H16FNO3/c1-12(2,3)17-11(15)7-5-6-8(16-4)10(14)9(7)13/h5-6H,14H2,1-4H3. The van der Waals surface area contributed by atoms with Crippen molar-refractivity contribution in [2.45, 2.75) is 26.4 Å². The predicted octanol–water partition coefficient (Wildman–Crippen LogP) is 2.37. The Balaban J connectivity index is 3.08. The molecule has 0 aliphatic carbocycles. The zero-order valence-electron chi connectivity index (χ0n) is 10.3. The van der Waals surface area contributed by atoms with Gasteiger partial charge in [0.1, 0.15) is 17.0 Å². The molecular formula is C12H16FNO3. The van der Waals surface area contributed by atoms with E-state index in [1.54, 1.807) is 20.8 Å². The summed E-state index contributed by atoms with van der Waals surface area (Å²) in [6.45, 7) is 5.11. The second kappa shape index (κ2) is 4.61. The van der Waals surface area contributed by atoms with Crippen molar-refractivity contribution < 1.29 is 18.7 Å². The number of nitrogen functional groups attached to an aromatic ring is 1. The van der Waals surface area contributed by atoms with E-state index in [4.69, 9.17) is 15.2 Å². The van der Waals surface area contributed by atoms with Gasteiger partial charge in [-0.1, -0.05) is 0 Å². The summed E-state index contributed by atoms with van der Waals surface area (Å²) in [5, 5.41) is 0. The number of esters is 1. The van der Waals surface area contributed by atoms with E-state index in [9.17, 15) is 9.18 Å². The minimum absolute atomic E-state index is 0.190. The fraction of sp³-hybridized carbons (Fsp3) is 0.417. The highest BCUT2D eigenvalue weighted by atomic mass is 19.1. The van der Waals surface area contributed by atoms with Gasteiger partial charge >= 0.3 is 5.97 Å². The average Bonchev–Trinajstić information content (AvgIpc) is 2.19. The molecule has 0 spiro atoms. The van der Waals surface area contributed by atoms with Gasteiger partial charge in [-0.3, -0.25) is 0 Å². The lowest BCUT2D eigenvalue weighted by Gasteiger charge is -2.20. The molecule has 0 fully saturated rings. The molecule has 0 bridgehead atoms. The van der Waals surface area contributed by atoms with Gasteiger partial charge in [0.25, 0.3) is 0 Å². The third kappa shape index (κ3) is 3.09. The first-order chi connectivity index (χ1) is 7.76. The van der Waals surface area contributed by atoms with Gasteiger partial charge in [0.15, 0.2) is 5.82 Å². The summed E-state index contributed by atoms with van der Waals surface area (Å²) in [6.07, 6.45) is 0. The van der Waals surface area contributed by atoms with Crippen LogP contribution in [0.4, 0.5) is 10.1 Å². The molecule has 0 aliphatic heterocycles.